The molecule has 1 aromatic carbocycles. The zero-order valence-electron chi connectivity index (χ0n) is 12.7. The molecule has 0 spiro atoms. The van der Waals surface area contributed by atoms with Crippen LogP contribution in [-0.4, -0.2) is 56.3 Å². The fourth-order valence-corrected chi connectivity index (χ4v) is 3.57. The Bertz CT molecular complexity index is 707. The Hall–Kier alpha value is -1.68. The maximum absolute atomic E-state index is 11.4. The van der Waals surface area contributed by atoms with Crippen LogP contribution in [0, 0.1) is 0 Å². The third-order valence-electron chi connectivity index (χ3n) is 3.99. The lowest BCUT2D eigenvalue weighted by Crippen LogP contribution is -2.39. The van der Waals surface area contributed by atoms with Crippen molar-refractivity contribution >= 4 is 21.8 Å². The predicted octanol–water partition coefficient (Wildman–Crippen LogP) is -0.271. The smallest absolute Gasteiger partial charge is 0.276 e. The quantitative estimate of drug-likeness (QED) is 0.788. The van der Waals surface area contributed by atoms with Crippen molar-refractivity contribution in [1.82, 2.24) is 9.21 Å². The maximum Gasteiger partial charge on any atom is 0.276 e. The summed E-state index contributed by atoms with van der Waals surface area (Å²) in [5.41, 5.74) is 1.72. The molecule has 0 atom stereocenters. The van der Waals surface area contributed by atoms with Crippen LogP contribution in [-0.2, 0) is 21.5 Å². The summed E-state index contributed by atoms with van der Waals surface area (Å²) in [6, 6.07) is 5.70. The number of hydrogen-bond donors (Lipinski definition) is 2. The molecule has 3 N–H and O–H groups in total. The number of fused-ring (bicyclic) bond motifs is 1. The highest BCUT2D eigenvalue weighted by atomic mass is 32.2. The number of hydrogen-bond acceptors (Lipinski definition) is 5. The predicted molar refractivity (Wildman–Crippen MR) is 85.1 cm³/mol. The van der Waals surface area contributed by atoms with Crippen LogP contribution in [0.5, 0.6) is 5.75 Å². The van der Waals surface area contributed by atoms with Gasteiger partial charge in [0.2, 0.25) is 0 Å². The molecule has 0 saturated carbocycles. The highest BCUT2D eigenvalue weighted by Gasteiger charge is 2.22. The second kappa shape index (κ2) is 6.44. The molecule has 0 unspecified atom stereocenters. The van der Waals surface area contributed by atoms with E-state index in [1.165, 1.54) is 4.31 Å². The zero-order valence-corrected chi connectivity index (χ0v) is 13.5. The van der Waals surface area contributed by atoms with Crippen LogP contribution in [0.25, 0.3) is 0 Å². The number of anilines is 1. The van der Waals surface area contributed by atoms with Gasteiger partial charge in [0.05, 0.1) is 5.69 Å². The minimum atomic E-state index is -3.62. The van der Waals surface area contributed by atoms with Gasteiger partial charge in [0.25, 0.3) is 16.1 Å². The monoisotopic (exact) mass is 340 g/mol. The van der Waals surface area contributed by atoms with Crippen LogP contribution in [0.3, 0.4) is 0 Å². The highest BCUT2D eigenvalue weighted by Crippen LogP contribution is 2.29. The molecule has 1 aromatic rings. The van der Waals surface area contributed by atoms with E-state index in [-0.39, 0.29) is 12.5 Å². The molecular formula is C14H20N4O4S. The molecule has 2 aliphatic heterocycles. The van der Waals surface area contributed by atoms with Gasteiger partial charge in [0.15, 0.2) is 6.61 Å². The lowest BCUT2D eigenvalue weighted by molar-refractivity contribution is -0.118. The number of carbonyl (C=O) groups excluding carboxylic acids is 1. The van der Waals surface area contributed by atoms with Crippen LogP contribution < -0.4 is 15.2 Å². The molecule has 2 aliphatic rings. The molecule has 23 heavy (non-hydrogen) atoms. The first kappa shape index (κ1) is 16.2. The summed E-state index contributed by atoms with van der Waals surface area (Å²) in [4.78, 5) is 13.6. The van der Waals surface area contributed by atoms with Gasteiger partial charge in [0, 0.05) is 26.2 Å². The third-order valence-corrected chi connectivity index (χ3v) is 5.08. The summed E-state index contributed by atoms with van der Waals surface area (Å²) in [6.45, 7) is 2.98. The van der Waals surface area contributed by atoms with E-state index in [2.05, 4.69) is 10.2 Å². The first-order valence-corrected chi connectivity index (χ1v) is 8.98. The van der Waals surface area contributed by atoms with Crippen LogP contribution in [0.4, 0.5) is 5.69 Å². The van der Waals surface area contributed by atoms with E-state index in [1.807, 2.05) is 18.2 Å². The van der Waals surface area contributed by atoms with Crippen molar-refractivity contribution in [3.8, 4) is 5.75 Å². The number of nitrogens with two attached hydrogens (primary N) is 1. The lowest BCUT2D eigenvalue weighted by atomic mass is 10.1. The molecule has 126 valence electrons. The van der Waals surface area contributed by atoms with Gasteiger partial charge in [-0.15, -0.1) is 0 Å². The third kappa shape index (κ3) is 3.99. The number of ether oxygens (including phenoxy) is 1. The first-order chi connectivity index (χ1) is 10.9. The first-order valence-electron chi connectivity index (χ1n) is 7.47. The number of nitrogens with zero attached hydrogens (tertiary/aromatic N) is 2. The molecule has 0 aromatic heterocycles. The average Bonchev–Trinajstić information content (AvgIpc) is 2.72. The molecule has 1 saturated heterocycles. The number of nitrogens with one attached hydrogen (secondary N) is 1. The summed E-state index contributed by atoms with van der Waals surface area (Å²) in [7, 11) is -3.62. The number of rotatable bonds is 3. The fraction of sp³-hybridized carbons (Fsp3) is 0.500. The topological polar surface area (TPSA) is 105 Å². The van der Waals surface area contributed by atoms with E-state index < -0.39 is 10.2 Å². The number of benzene rings is 1. The van der Waals surface area contributed by atoms with Crippen molar-refractivity contribution in [2.24, 2.45) is 5.14 Å². The summed E-state index contributed by atoms with van der Waals surface area (Å²) in [5, 5.41) is 7.98. The van der Waals surface area contributed by atoms with Crippen molar-refractivity contribution in [2.75, 3.05) is 38.1 Å². The molecule has 9 heteroatoms. The standard InChI is InChI=1S/C14H20N4O4S/c15-23(20,21)18-5-1-4-17(6-7-18)9-11-2-3-13-12(8-11)16-14(19)10-22-13/h2-3,8H,1,4-7,9-10H2,(H,16,19)(H2,15,20,21). The Labute approximate surface area is 135 Å². The minimum absolute atomic E-state index is 0.0435. The van der Waals surface area contributed by atoms with E-state index in [4.69, 9.17) is 9.88 Å². The average molecular weight is 340 g/mol. The molecular weight excluding hydrogens is 320 g/mol. The molecule has 0 bridgehead atoms. The van der Waals surface area contributed by atoms with Gasteiger partial charge in [0.1, 0.15) is 5.75 Å². The summed E-state index contributed by atoms with van der Waals surface area (Å²) < 4.78 is 29.5. The van der Waals surface area contributed by atoms with Gasteiger partial charge in [-0.3, -0.25) is 9.69 Å². The zero-order chi connectivity index (χ0) is 16.4. The molecule has 8 nitrogen and oxygen atoms in total. The molecule has 1 amide bonds. The second-order valence-electron chi connectivity index (χ2n) is 5.74. The fourth-order valence-electron chi connectivity index (χ4n) is 2.85. The largest absolute Gasteiger partial charge is 0.482 e. The Kier molecular flexibility index (Phi) is 4.53. The van der Waals surface area contributed by atoms with Crippen molar-refractivity contribution < 1.29 is 17.9 Å². The molecule has 3 rings (SSSR count). The minimum Gasteiger partial charge on any atom is -0.482 e. The molecule has 1 fully saturated rings. The lowest BCUT2D eigenvalue weighted by Gasteiger charge is -2.22. The van der Waals surface area contributed by atoms with E-state index in [9.17, 15) is 13.2 Å². The van der Waals surface area contributed by atoms with Gasteiger partial charge in [-0.05, 0) is 30.7 Å². The highest BCUT2D eigenvalue weighted by molar-refractivity contribution is 7.86. The summed E-state index contributed by atoms with van der Waals surface area (Å²) >= 11 is 0. The van der Waals surface area contributed by atoms with Crippen molar-refractivity contribution in [1.29, 1.82) is 0 Å². The van der Waals surface area contributed by atoms with Gasteiger partial charge in [-0.25, -0.2) is 5.14 Å². The van der Waals surface area contributed by atoms with E-state index in [0.717, 1.165) is 18.5 Å². The van der Waals surface area contributed by atoms with Crippen LogP contribution in [0.15, 0.2) is 18.2 Å². The number of carbonyl (C=O) groups is 1. The van der Waals surface area contributed by atoms with E-state index in [1.54, 1.807) is 0 Å². The number of amides is 1. The maximum atomic E-state index is 11.4. The Balaban J connectivity index is 1.66. The Morgan fingerprint density at radius 1 is 1.22 bits per heavy atom. The Morgan fingerprint density at radius 3 is 2.83 bits per heavy atom. The molecule has 0 radical (unpaired) electrons. The summed E-state index contributed by atoms with van der Waals surface area (Å²) in [6.07, 6.45) is 0.737. The second-order valence-corrected chi connectivity index (χ2v) is 7.29. The van der Waals surface area contributed by atoms with Crippen LogP contribution in [0.1, 0.15) is 12.0 Å². The van der Waals surface area contributed by atoms with Crippen molar-refractivity contribution in [3.05, 3.63) is 23.8 Å². The van der Waals surface area contributed by atoms with Crippen molar-refractivity contribution in [2.45, 2.75) is 13.0 Å². The van der Waals surface area contributed by atoms with E-state index >= 15 is 0 Å². The van der Waals surface area contributed by atoms with Gasteiger partial charge in [-0.1, -0.05) is 6.07 Å². The van der Waals surface area contributed by atoms with Crippen LogP contribution in [0.2, 0.25) is 0 Å². The Morgan fingerprint density at radius 2 is 2.04 bits per heavy atom. The van der Waals surface area contributed by atoms with Gasteiger partial charge < -0.3 is 10.1 Å². The van der Waals surface area contributed by atoms with Crippen molar-refractivity contribution in [3.63, 3.8) is 0 Å². The molecule has 0 aliphatic carbocycles. The molecule has 2 heterocycles. The van der Waals surface area contributed by atoms with Gasteiger partial charge in [-0.2, -0.15) is 12.7 Å². The normalized spacial score (nSPS) is 20.3. The van der Waals surface area contributed by atoms with Gasteiger partial charge >= 0.3 is 0 Å². The van der Waals surface area contributed by atoms with E-state index in [0.29, 0.717) is 37.6 Å². The van der Waals surface area contributed by atoms with Crippen LogP contribution >= 0.6 is 0 Å². The SMILES string of the molecule is NS(=O)(=O)N1CCCN(Cc2ccc3c(c2)NC(=O)CO3)CC1. The summed E-state index contributed by atoms with van der Waals surface area (Å²) in [5.74, 6) is 0.512.